The van der Waals surface area contributed by atoms with Gasteiger partial charge in [-0.2, -0.15) is 0 Å². The molecule has 17 heavy (non-hydrogen) atoms. The molecule has 2 aromatic rings. The first-order valence-electron chi connectivity index (χ1n) is 6.41. The summed E-state index contributed by atoms with van der Waals surface area (Å²) in [6.07, 6.45) is 2.16. The third-order valence-electron chi connectivity index (χ3n) is 3.18. The summed E-state index contributed by atoms with van der Waals surface area (Å²) >= 11 is 0. The van der Waals surface area contributed by atoms with Gasteiger partial charge in [-0.1, -0.05) is 33.8 Å². The highest BCUT2D eigenvalue weighted by Crippen LogP contribution is 2.27. The minimum absolute atomic E-state index is 0.189. The molecule has 92 valence electrons. The van der Waals surface area contributed by atoms with E-state index < -0.39 is 0 Å². The smallest absolute Gasteiger partial charge is 0.107 e. The van der Waals surface area contributed by atoms with Crippen LogP contribution in [0.2, 0.25) is 0 Å². The zero-order valence-corrected chi connectivity index (χ0v) is 11.5. The molecule has 1 heterocycles. The molecule has 0 bridgehead atoms. The predicted molar refractivity (Wildman–Crippen MR) is 73.5 cm³/mol. The molecule has 0 saturated heterocycles. The molecular weight excluding hydrogens is 208 g/mol. The summed E-state index contributed by atoms with van der Waals surface area (Å²) < 4.78 is 0. The van der Waals surface area contributed by atoms with E-state index in [0.29, 0.717) is 0 Å². The van der Waals surface area contributed by atoms with Gasteiger partial charge >= 0.3 is 0 Å². The summed E-state index contributed by atoms with van der Waals surface area (Å²) in [5.74, 6) is 1.11. The lowest BCUT2D eigenvalue weighted by molar-refractivity contribution is 0.590. The number of nitrogens with zero attached hydrogens (tertiary/aromatic N) is 1. The number of fused-ring (bicyclic) bond motifs is 1. The molecule has 1 aromatic carbocycles. The highest BCUT2D eigenvalue weighted by atomic mass is 14.9. The molecule has 0 spiro atoms. The van der Waals surface area contributed by atoms with Crippen molar-refractivity contribution in [2.24, 2.45) is 0 Å². The molecule has 0 radical (unpaired) electrons. The Kier molecular flexibility index (Phi) is 2.98. The van der Waals surface area contributed by atoms with Crippen LogP contribution in [0.1, 0.15) is 51.1 Å². The van der Waals surface area contributed by atoms with Crippen molar-refractivity contribution in [1.82, 2.24) is 9.97 Å². The molecule has 0 atom stereocenters. The number of H-pyrrole nitrogens is 1. The maximum Gasteiger partial charge on any atom is 0.107 e. The second kappa shape index (κ2) is 4.17. The standard InChI is InChI=1S/C15H22N2/c1-6-7-13-16-12-9-11(15(3,4)5)8-10(2)14(12)17-13/h8-9H,6-7H2,1-5H3,(H,16,17). The number of nitrogens with one attached hydrogen (secondary N) is 1. The van der Waals surface area contributed by atoms with E-state index in [-0.39, 0.29) is 5.41 Å². The first-order chi connectivity index (χ1) is 7.91. The Balaban J connectivity index is 2.57. The van der Waals surface area contributed by atoms with Crippen LogP contribution in [-0.2, 0) is 11.8 Å². The number of aromatic nitrogens is 2. The number of benzene rings is 1. The third kappa shape index (κ3) is 2.36. The van der Waals surface area contributed by atoms with Gasteiger partial charge in [0.25, 0.3) is 0 Å². The number of aryl methyl sites for hydroxylation is 2. The Labute approximate surface area is 103 Å². The molecule has 0 aliphatic heterocycles. The number of imidazole rings is 1. The quantitative estimate of drug-likeness (QED) is 0.826. The first-order valence-corrected chi connectivity index (χ1v) is 6.41. The van der Waals surface area contributed by atoms with Crippen molar-refractivity contribution in [2.75, 3.05) is 0 Å². The third-order valence-corrected chi connectivity index (χ3v) is 3.18. The molecule has 2 rings (SSSR count). The highest BCUT2D eigenvalue weighted by molar-refractivity contribution is 5.79. The zero-order valence-electron chi connectivity index (χ0n) is 11.5. The Morgan fingerprint density at radius 2 is 1.94 bits per heavy atom. The molecule has 0 aliphatic carbocycles. The van der Waals surface area contributed by atoms with Crippen molar-refractivity contribution in [2.45, 2.75) is 52.9 Å². The fraction of sp³-hybridized carbons (Fsp3) is 0.533. The molecule has 1 aromatic heterocycles. The Hall–Kier alpha value is -1.31. The fourth-order valence-corrected chi connectivity index (χ4v) is 2.13. The minimum atomic E-state index is 0.189. The van der Waals surface area contributed by atoms with Gasteiger partial charge in [-0.15, -0.1) is 0 Å². The molecule has 0 aliphatic rings. The molecule has 0 amide bonds. The number of hydrogen-bond donors (Lipinski definition) is 1. The Morgan fingerprint density at radius 3 is 2.53 bits per heavy atom. The Morgan fingerprint density at radius 1 is 1.24 bits per heavy atom. The van der Waals surface area contributed by atoms with Crippen LogP contribution in [-0.4, -0.2) is 9.97 Å². The van der Waals surface area contributed by atoms with E-state index in [1.807, 2.05) is 0 Å². The summed E-state index contributed by atoms with van der Waals surface area (Å²) in [6.45, 7) is 11.1. The molecule has 2 heteroatoms. The van der Waals surface area contributed by atoms with Crippen LogP contribution in [0, 0.1) is 6.92 Å². The average Bonchev–Trinajstić information content (AvgIpc) is 2.60. The van der Waals surface area contributed by atoms with E-state index >= 15 is 0 Å². The minimum Gasteiger partial charge on any atom is -0.342 e. The van der Waals surface area contributed by atoms with Gasteiger partial charge in [0.2, 0.25) is 0 Å². The van der Waals surface area contributed by atoms with Crippen molar-refractivity contribution in [1.29, 1.82) is 0 Å². The average molecular weight is 230 g/mol. The lowest BCUT2D eigenvalue weighted by Gasteiger charge is -2.19. The van der Waals surface area contributed by atoms with Gasteiger partial charge in [-0.25, -0.2) is 4.98 Å². The summed E-state index contributed by atoms with van der Waals surface area (Å²) in [7, 11) is 0. The second-order valence-corrected chi connectivity index (χ2v) is 5.87. The summed E-state index contributed by atoms with van der Waals surface area (Å²) in [6, 6.07) is 4.51. The monoisotopic (exact) mass is 230 g/mol. The molecule has 0 saturated carbocycles. The molecule has 2 nitrogen and oxygen atoms in total. The van der Waals surface area contributed by atoms with Crippen molar-refractivity contribution >= 4 is 11.0 Å². The van der Waals surface area contributed by atoms with Gasteiger partial charge in [0.05, 0.1) is 11.0 Å². The molecule has 0 unspecified atom stereocenters. The van der Waals surface area contributed by atoms with Crippen molar-refractivity contribution in [3.8, 4) is 0 Å². The van der Waals surface area contributed by atoms with Crippen molar-refractivity contribution in [3.63, 3.8) is 0 Å². The van der Waals surface area contributed by atoms with E-state index in [1.54, 1.807) is 0 Å². The largest absolute Gasteiger partial charge is 0.342 e. The predicted octanol–water partition coefficient (Wildman–Crippen LogP) is 4.12. The van der Waals surface area contributed by atoms with E-state index in [0.717, 1.165) is 24.2 Å². The van der Waals surface area contributed by atoms with Crippen LogP contribution >= 0.6 is 0 Å². The van der Waals surface area contributed by atoms with Gasteiger partial charge in [-0.05, 0) is 36.0 Å². The zero-order chi connectivity index (χ0) is 12.6. The van der Waals surface area contributed by atoms with Crippen molar-refractivity contribution in [3.05, 3.63) is 29.1 Å². The van der Waals surface area contributed by atoms with Crippen LogP contribution < -0.4 is 0 Å². The van der Waals surface area contributed by atoms with Crippen LogP contribution in [0.4, 0.5) is 0 Å². The van der Waals surface area contributed by atoms with Gasteiger partial charge < -0.3 is 4.98 Å². The fourth-order valence-electron chi connectivity index (χ4n) is 2.13. The van der Waals surface area contributed by atoms with Crippen LogP contribution in [0.5, 0.6) is 0 Å². The topological polar surface area (TPSA) is 28.7 Å². The SMILES string of the molecule is CCCc1nc2c(C)cc(C(C)(C)C)cc2[nH]1. The maximum absolute atomic E-state index is 4.67. The lowest BCUT2D eigenvalue weighted by atomic mass is 9.86. The number of aromatic amines is 1. The van der Waals surface area contributed by atoms with Crippen LogP contribution in [0.25, 0.3) is 11.0 Å². The molecule has 1 N–H and O–H groups in total. The van der Waals surface area contributed by atoms with Crippen LogP contribution in [0.3, 0.4) is 0 Å². The van der Waals surface area contributed by atoms with Gasteiger partial charge in [0, 0.05) is 6.42 Å². The van der Waals surface area contributed by atoms with Crippen LogP contribution in [0.15, 0.2) is 12.1 Å². The number of rotatable bonds is 2. The molecular formula is C15H22N2. The maximum atomic E-state index is 4.67. The highest BCUT2D eigenvalue weighted by Gasteiger charge is 2.16. The van der Waals surface area contributed by atoms with E-state index in [9.17, 15) is 0 Å². The Bertz CT molecular complexity index is 530. The summed E-state index contributed by atoms with van der Waals surface area (Å²) in [5, 5.41) is 0. The normalized spacial score (nSPS) is 12.3. The first kappa shape index (κ1) is 12.2. The molecule has 0 fully saturated rings. The van der Waals surface area contributed by atoms with Crippen molar-refractivity contribution < 1.29 is 0 Å². The summed E-state index contributed by atoms with van der Waals surface area (Å²) in [5.41, 5.74) is 5.13. The van der Waals surface area contributed by atoms with E-state index in [1.165, 1.54) is 16.6 Å². The second-order valence-electron chi connectivity index (χ2n) is 5.87. The van der Waals surface area contributed by atoms with E-state index in [4.69, 9.17) is 0 Å². The van der Waals surface area contributed by atoms with Gasteiger partial charge in [-0.3, -0.25) is 0 Å². The van der Waals surface area contributed by atoms with Gasteiger partial charge in [0.1, 0.15) is 5.82 Å². The number of hydrogen-bond acceptors (Lipinski definition) is 1. The van der Waals surface area contributed by atoms with E-state index in [2.05, 4.69) is 56.7 Å². The lowest BCUT2D eigenvalue weighted by Crippen LogP contribution is -2.11. The summed E-state index contributed by atoms with van der Waals surface area (Å²) in [4.78, 5) is 8.11. The van der Waals surface area contributed by atoms with Gasteiger partial charge in [0.15, 0.2) is 0 Å².